The van der Waals surface area contributed by atoms with E-state index >= 15 is 0 Å². The van der Waals surface area contributed by atoms with E-state index in [1.54, 1.807) is 23.1 Å². The van der Waals surface area contributed by atoms with Gasteiger partial charge in [-0.3, -0.25) is 9.89 Å². The third kappa shape index (κ3) is 2.46. The highest BCUT2D eigenvalue weighted by atomic mass is 16.1. The molecule has 28 heavy (non-hydrogen) atoms. The van der Waals surface area contributed by atoms with Crippen molar-refractivity contribution in [1.82, 2.24) is 29.5 Å². The molecule has 2 aromatic carbocycles. The van der Waals surface area contributed by atoms with Gasteiger partial charge in [0.2, 0.25) is 0 Å². The molecule has 0 atom stereocenters. The Labute approximate surface area is 159 Å². The van der Waals surface area contributed by atoms with Crippen LogP contribution in [0.15, 0.2) is 54.9 Å². The summed E-state index contributed by atoms with van der Waals surface area (Å²) in [7, 11) is 3.75. The van der Waals surface area contributed by atoms with Crippen LogP contribution in [0, 0.1) is 0 Å². The SMILES string of the molecule is Cn1cnc2cc(C(=O)Nc3[nH]nc4c3c(-c3ccccc3)nn4C)ccc21. The van der Waals surface area contributed by atoms with Gasteiger partial charge in [-0.2, -0.15) is 10.2 Å². The van der Waals surface area contributed by atoms with Crippen LogP contribution in [0.3, 0.4) is 0 Å². The third-order valence-corrected chi connectivity index (χ3v) is 4.81. The molecule has 2 N–H and O–H groups in total. The number of anilines is 1. The first-order valence-electron chi connectivity index (χ1n) is 8.81. The van der Waals surface area contributed by atoms with E-state index in [0.717, 1.165) is 27.7 Å². The highest BCUT2D eigenvalue weighted by Crippen LogP contribution is 2.31. The van der Waals surface area contributed by atoms with Crippen molar-refractivity contribution in [2.45, 2.75) is 0 Å². The minimum Gasteiger partial charge on any atom is -0.334 e. The van der Waals surface area contributed by atoms with E-state index < -0.39 is 0 Å². The van der Waals surface area contributed by atoms with E-state index in [1.807, 2.05) is 55.1 Å². The summed E-state index contributed by atoms with van der Waals surface area (Å²) in [5.41, 5.74) is 4.67. The molecule has 0 radical (unpaired) electrons. The molecule has 0 bridgehead atoms. The molecule has 0 saturated carbocycles. The Hall–Kier alpha value is -3.94. The summed E-state index contributed by atoms with van der Waals surface area (Å²) in [5.74, 6) is 0.286. The maximum atomic E-state index is 12.8. The van der Waals surface area contributed by atoms with Gasteiger partial charge in [-0.15, -0.1) is 0 Å². The molecule has 3 heterocycles. The smallest absolute Gasteiger partial charge is 0.256 e. The monoisotopic (exact) mass is 371 g/mol. The van der Waals surface area contributed by atoms with Crippen molar-refractivity contribution >= 4 is 33.8 Å². The number of H-pyrrole nitrogens is 1. The van der Waals surface area contributed by atoms with Gasteiger partial charge in [0.1, 0.15) is 11.5 Å². The van der Waals surface area contributed by atoms with Gasteiger partial charge in [0.05, 0.1) is 22.7 Å². The second-order valence-corrected chi connectivity index (χ2v) is 6.65. The maximum absolute atomic E-state index is 12.8. The number of hydrogen-bond donors (Lipinski definition) is 2. The fraction of sp³-hybridized carbons (Fsp3) is 0.100. The normalized spacial score (nSPS) is 11.4. The molecule has 8 nitrogen and oxygen atoms in total. The molecule has 138 valence electrons. The number of rotatable bonds is 3. The molecule has 0 spiro atoms. The second-order valence-electron chi connectivity index (χ2n) is 6.65. The Morgan fingerprint density at radius 2 is 1.93 bits per heavy atom. The minimum absolute atomic E-state index is 0.235. The van der Waals surface area contributed by atoms with Crippen molar-refractivity contribution in [3.63, 3.8) is 0 Å². The molecule has 0 fully saturated rings. The lowest BCUT2D eigenvalue weighted by Crippen LogP contribution is -2.12. The zero-order chi connectivity index (χ0) is 19.3. The van der Waals surface area contributed by atoms with Crippen molar-refractivity contribution in [3.05, 3.63) is 60.4 Å². The van der Waals surface area contributed by atoms with Crippen LogP contribution in [0.25, 0.3) is 33.3 Å². The van der Waals surface area contributed by atoms with E-state index in [4.69, 9.17) is 0 Å². The summed E-state index contributed by atoms with van der Waals surface area (Å²) in [5, 5.41) is 15.5. The molecule has 0 aliphatic rings. The molecule has 5 aromatic rings. The summed E-state index contributed by atoms with van der Waals surface area (Å²) in [6.07, 6.45) is 1.73. The van der Waals surface area contributed by atoms with Gasteiger partial charge in [0.15, 0.2) is 5.65 Å². The van der Waals surface area contributed by atoms with Gasteiger partial charge in [0.25, 0.3) is 5.91 Å². The van der Waals surface area contributed by atoms with Crippen LogP contribution >= 0.6 is 0 Å². The van der Waals surface area contributed by atoms with E-state index in [9.17, 15) is 4.79 Å². The Morgan fingerprint density at radius 3 is 2.75 bits per heavy atom. The van der Waals surface area contributed by atoms with E-state index in [-0.39, 0.29) is 5.91 Å². The number of fused-ring (bicyclic) bond motifs is 2. The van der Waals surface area contributed by atoms with Crippen molar-refractivity contribution in [2.75, 3.05) is 5.32 Å². The summed E-state index contributed by atoms with van der Waals surface area (Å²) >= 11 is 0. The van der Waals surface area contributed by atoms with Crippen molar-refractivity contribution in [2.24, 2.45) is 14.1 Å². The van der Waals surface area contributed by atoms with Gasteiger partial charge in [-0.25, -0.2) is 9.67 Å². The Bertz CT molecular complexity index is 1330. The molecule has 0 unspecified atom stereocenters. The molecule has 0 aliphatic carbocycles. The van der Waals surface area contributed by atoms with Crippen LogP contribution in [-0.4, -0.2) is 35.4 Å². The first-order valence-corrected chi connectivity index (χ1v) is 8.81. The van der Waals surface area contributed by atoms with Crippen LogP contribution in [0.5, 0.6) is 0 Å². The predicted molar refractivity (Wildman–Crippen MR) is 107 cm³/mol. The van der Waals surface area contributed by atoms with Crippen molar-refractivity contribution < 1.29 is 4.79 Å². The number of aryl methyl sites for hydroxylation is 2. The van der Waals surface area contributed by atoms with Crippen LogP contribution in [0.4, 0.5) is 5.82 Å². The standard InChI is InChI=1S/C20H17N7O/c1-26-11-21-14-10-13(8-9-15(14)26)20(28)22-18-16-17(12-6-4-3-5-7-12)25-27(2)19(16)24-23-18/h3-11H,1-2H3,(H2,22,23,24,28). The molecule has 0 aliphatic heterocycles. The highest BCUT2D eigenvalue weighted by molar-refractivity contribution is 6.11. The van der Waals surface area contributed by atoms with Crippen LogP contribution < -0.4 is 5.32 Å². The molecular weight excluding hydrogens is 354 g/mol. The van der Waals surface area contributed by atoms with Gasteiger partial charge in [-0.05, 0) is 18.2 Å². The average molecular weight is 371 g/mol. The number of nitrogens with one attached hydrogen (secondary N) is 2. The predicted octanol–water partition coefficient (Wildman–Crippen LogP) is 3.10. The number of amides is 1. The van der Waals surface area contributed by atoms with Crippen molar-refractivity contribution in [3.8, 4) is 11.3 Å². The zero-order valence-electron chi connectivity index (χ0n) is 15.3. The number of benzene rings is 2. The van der Waals surface area contributed by atoms with Crippen molar-refractivity contribution in [1.29, 1.82) is 0 Å². The summed E-state index contributed by atoms with van der Waals surface area (Å²) < 4.78 is 3.61. The average Bonchev–Trinajstić information content (AvgIpc) is 3.39. The summed E-state index contributed by atoms with van der Waals surface area (Å²) in [6, 6.07) is 15.3. The second kappa shape index (κ2) is 6.05. The maximum Gasteiger partial charge on any atom is 0.256 e. The number of aromatic nitrogens is 6. The number of nitrogens with zero attached hydrogens (tertiary/aromatic N) is 5. The number of hydrogen-bond acceptors (Lipinski definition) is 4. The Balaban J connectivity index is 1.55. The van der Waals surface area contributed by atoms with Gasteiger partial charge in [-0.1, -0.05) is 30.3 Å². The molecule has 8 heteroatoms. The van der Waals surface area contributed by atoms with E-state index in [1.165, 1.54) is 0 Å². The molecule has 5 rings (SSSR count). The lowest BCUT2D eigenvalue weighted by molar-refractivity contribution is 0.102. The quantitative estimate of drug-likeness (QED) is 0.510. The Kier molecular flexibility index (Phi) is 3.51. The third-order valence-electron chi connectivity index (χ3n) is 4.81. The lowest BCUT2D eigenvalue weighted by Gasteiger charge is -2.04. The topological polar surface area (TPSA) is 93.4 Å². The summed E-state index contributed by atoms with van der Waals surface area (Å²) in [4.78, 5) is 17.2. The molecular formula is C20H17N7O. The summed E-state index contributed by atoms with van der Waals surface area (Å²) in [6.45, 7) is 0. The van der Waals surface area contributed by atoms with E-state index in [0.29, 0.717) is 17.0 Å². The van der Waals surface area contributed by atoms with Gasteiger partial charge < -0.3 is 9.88 Å². The fourth-order valence-corrected chi connectivity index (χ4v) is 3.39. The van der Waals surface area contributed by atoms with Crippen LogP contribution in [0.1, 0.15) is 10.4 Å². The molecule has 0 saturated heterocycles. The van der Waals surface area contributed by atoms with Gasteiger partial charge >= 0.3 is 0 Å². The first-order chi connectivity index (χ1) is 13.6. The number of carbonyl (C=O) groups is 1. The van der Waals surface area contributed by atoms with Crippen LogP contribution in [0.2, 0.25) is 0 Å². The minimum atomic E-state index is -0.235. The van der Waals surface area contributed by atoms with Gasteiger partial charge in [0, 0.05) is 25.2 Å². The zero-order valence-corrected chi connectivity index (χ0v) is 15.3. The lowest BCUT2D eigenvalue weighted by atomic mass is 10.1. The first kappa shape index (κ1) is 16.2. The highest BCUT2D eigenvalue weighted by Gasteiger charge is 2.20. The Morgan fingerprint density at radius 1 is 1.11 bits per heavy atom. The fourth-order valence-electron chi connectivity index (χ4n) is 3.39. The van der Waals surface area contributed by atoms with Crippen LogP contribution in [-0.2, 0) is 14.1 Å². The number of carbonyl (C=O) groups excluding carboxylic acids is 1. The molecule has 3 aromatic heterocycles. The number of aromatic amines is 1. The number of imidazole rings is 1. The van der Waals surface area contributed by atoms with E-state index in [2.05, 4.69) is 25.6 Å². The largest absolute Gasteiger partial charge is 0.334 e. The molecule has 1 amide bonds.